The molecule has 4 aliphatic rings. The van der Waals surface area contributed by atoms with E-state index in [1.165, 1.54) is 24.0 Å². The van der Waals surface area contributed by atoms with Crippen molar-refractivity contribution in [1.82, 2.24) is 9.80 Å². The first kappa shape index (κ1) is 21.7. The van der Waals surface area contributed by atoms with Gasteiger partial charge in [-0.25, -0.2) is 4.79 Å². The number of likely N-dealkylation sites (tertiary alicyclic amines) is 2. The zero-order chi connectivity index (χ0) is 22.5. The van der Waals surface area contributed by atoms with E-state index in [0.29, 0.717) is 24.6 Å². The van der Waals surface area contributed by atoms with Crippen LogP contribution in [0.15, 0.2) is 18.2 Å². The number of hydrogen-bond acceptors (Lipinski definition) is 4. The van der Waals surface area contributed by atoms with Gasteiger partial charge in [0.2, 0.25) is 5.91 Å². The number of piperidine rings is 2. The Hall–Kier alpha value is -2.08. The van der Waals surface area contributed by atoms with Gasteiger partial charge in [-0.3, -0.25) is 4.79 Å². The molecule has 3 fully saturated rings. The fourth-order valence-corrected chi connectivity index (χ4v) is 7.00. The van der Waals surface area contributed by atoms with E-state index < -0.39 is 0 Å². The highest BCUT2D eigenvalue weighted by molar-refractivity contribution is 5.94. The van der Waals surface area contributed by atoms with Gasteiger partial charge in [-0.15, -0.1) is 0 Å². The van der Waals surface area contributed by atoms with Crippen LogP contribution in [0.1, 0.15) is 63.5 Å². The van der Waals surface area contributed by atoms with Crippen molar-refractivity contribution in [3.63, 3.8) is 0 Å². The SMILES string of the molecule is CCOC(=O)N1CCCC2CC(N3CCC4(CC3)CN(C(C)=O)c3ccc(C)cc34)CC21. The highest BCUT2D eigenvalue weighted by Gasteiger charge is 2.49. The molecule has 3 aliphatic heterocycles. The first-order valence-corrected chi connectivity index (χ1v) is 12.5. The molecule has 5 rings (SSSR count). The van der Waals surface area contributed by atoms with Crippen molar-refractivity contribution in [2.45, 2.75) is 76.8 Å². The fourth-order valence-electron chi connectivity index (χ4n) is 7.00. The molecule has 6 nitrogen and oxygen atoms in total. The number of nitrogens with zero attached hydrogens (tertiary/aromatic N) is 3. The minimum atomic E-state index is -0.122. The van der Waals surface area contributed by atoms with E-state index in [9.17, 15) is 9.59 Å². The average molecular weight is 440 g/mol. The van der Waals surface area contributed by atoms with Crippen molar-refractivity contribution >= 4 is 17.7 Å². The van der Waals surface area contributed by atoms with E-state index in [1.54, 1.807) is 6.92 Å². The summed E-state index contributed by atoms with van der Waals surface area (Å²) in [5.41, 5.74) is 3.86. The van der Waals surface area contributed by atoms with Gasteiger partial charge in [-0.05, 0) is 83.0 Å². The molecule has 3 heterocycles. The van der Waals surface area contributed by atoms with E-state index in [4.69, 9.17) is 4.74 Å². The minimum Gasteiger partial charge on any atom is -0.450 e. The lowest BCUT2D eigenvalue weighted by Gasteiger charge is -2.42. The lowest BCUT2D eigenvalue weighted by molar-refractivity contribution is -0.116. The quantitative estimate of drug-likeness (QED) is 0.696. The summed E-state index contributed by atoms with van der Waals surface area (Å²) >= 11 is 0. The van der Waals surface area contributed by atoms with Crippen molar-refractivity contribution in [2.75, 3.05) is 37.7 Å². The zero-order valence-corrected chi connectivity index (χ0v) is 19.8. The molecule has 3 unspecified atom stereocenters. The number of fused-ring (bicyclic) bond motifs is 3. The lowest BCUT2D eigenvalue weighted by atomic mass is 9.73. The molecule has 0 radical (unpaired) electrons. The molecule has 1 aliphatic carbocycles. The Kier molecular flexibility index (Phi) is 5.68. The Morgan fingerprint density at radius 3 is 2.66 bits per heavy atom. The topological polar surface area (TPSA) is 53.1 Å². The molecular formula is C26H37N3O3. The summed E-state index contributed by atoms with van der Waals surface area (Å²) in [6.45, 7) is 9.97. The van der Waals surface area contributed by atoms with Gasteiger partial charge >= 0.3 is 6.09 Å². The van der Waals surface area contributed by atoms with Gasteiger partial charge in [0.05, 0.1) is 6.61 Å². The van der Waals surface area contributed by atoms with Gasteiger partial charge in [0.1, 0.15) is 0 Å². The highest BCUT2D eigenvalue weighted by atomic mass is 16.6. The summed E-state index contributed by atoms with van der Waals surface area (Å²) < 4.78 is 5.35. The third kappa shape index (κ3) is 3.60. The van der Waals surface area contributed by atoms with Crippen molar-refractivity contribution in [2.24, 2.45) is 5.92 Å². The van der Waals surface area contributed by atoms with Crippen LogP contribution in [0.2, 0.25) is 0 Å². The number of benzene rings is 1. The van der Waals surface area contributed by atoms with Crippen LogP contribution < -0.4 is 4.90 Å². The third-order valence-corrected chi connectivity index (χ3v) is 8.64. The van der Waals surface area contributed by atoms with Crippen LogP contribution in [-0.2, 0) is 14.9 Å². The monoisotopic (exact) mass is 439 g/mol. The zero-order valence-electron chi connectivity index (χ0n) is 19.8. The van der Waals surface area contributed by atoms with Crippen LogP contribution in [0.5, 0.6) is 0 Å². The number of carbonyl (C=O) groups is 2. The van der Waals surface area contributed by atoms with E-state index in [1.807, 2.05) is 16.7 Å². The second-order valence-corrected chi connectivity index (χ2v) is 10.4. The van der Waals surface area contributed by atoms with E-state index in [2.05, 4.69) is 30.0 Å². The third-order valence-electron chi connectivity index (χ3n) is 8.64. The number of anilines is 1. The van der Waals surface area contributed by atoms with Gasteiger partial charge in [0.25, 0.3) is 0 Å². The van der Waals surface area contributed by atoms with Crippen LogP contribution >= 0.6 is 0 Å². The Morgan fingerprint density at radius 2 is 1.94 bits per heavy atom. The van der Waals surface area contributed by atoms with Crippen molar-refractivity contribution in [3.05, 3.63) is 29.3 Å². The maximum Gasteiger partial charge on any atom is 0.410 e. The second kappa shape index (κ2) is 8.36. The van der Waals surface area contributed by atoms with E-state index in [-0.39, 0.29) is 17.4 Å². The number of aryl methyl sites for hydroxylation is 1. The molecule has 1 spiro atoms. The standard InChI is InChI=1S/C26H37N3O3/c1-4-32-25(31)28-11-5-6-20-15-21(16-24(20)28)27-12-9-26(10-13-27)17-29(19(3)30)23-8-7-18(2)14-22(23)26/h7-8,14,20-21,24H,4-6,9-13,15-17H2,1-3H3. The number of ether oxygens (including phenoxy) is 1. The smallest absolute Gasteiger partial charge is 0.410 e. The molecule has 3 atom stereocenters. The van der Waals surface area contributed by atoms with Gasteiger partial charge in [-0.2, -0.15) is 0 Å². The Morgan fingerprint density at radius 1 is 1.16 bits per heavy atom. The molecule has 32 heavy (non-hydrogen) atoms. The molecule has 0 aromatic heterocycles. The Balaban J connectivity index is 1.28. The van der Waals surface area contributed by atoms with E-state index >= 15 is 0 Å². The van der Waals surface area contributed by atoms with Crippen LogP contribution in [0.3, 0.4) is 0 Å². The number of hydrogen-bond donors (Lipinski definition) is 0. The maximum atomic E-state index is 12.5. The van der Waals surface area contributed by atoms with Gasteiger partial charge in [0, 0.05) is 43.2 Å². The average Bonchev–Trinajstić information content (AvgIpc) is 3.34. The molecule has 174 valence electrons. The second-order valence-electron chi connectivity index (χ2n) is 10.4. The van der Waals surface area contributed by atoms with Crippen molar-refractivity contribution in [3.8, 4) is 0 Å². The number of amides is 2. The van der Waals surface area contributed by atoms with Crippen molar-refractivity contribution in [1.29, 1.82) is 0 Å². The van der Waals surface area contributed by atoms with Gasteiger partial charge in [0.15, 0.2) is 0 Å². The summed E-state index contributed by atoms with van der Waals surface area (Å²) in [6, 6.07) is 7.47. The summed E-state index contributed by atoms with van der Waals surface area (Å²) in [5, 5.41) is 0. The van der Waals surface area contributed by atoms with Crippen LogP contribution in [-0.4, -0.2) is 66.7 Å². The van der Waals surface area contributed by atoms with Crippen LogP contribution in [0.4, 0.5) is 10.5 Å². The number of carbonyl (C=O) groups excluding carboxylic acids is 2. The molecular weight excluding hydrogens is 402 g/mol. The molecule has 2 saturated heterocycles. The van der Waals surface area contributed by atoms with Gasteiger partial charge < -0.3 is 19.4 Å². The number of rotatable bonds is 2. The van der Waals surface area contributed by atoms with Crippen LogP contribution in [0.25, 0.3) is 0 Å². The molecule has 2 amide bonds. The van der Waals surface area contributed by atoms with Gasteiger partial charge in [-0.1, -0.05) is 17.7 Å². The fraction of sp³-hybridized carbons (Fsp3) is 0.692. The summed E-state index contributed by atoms with van der Waals surface area (Å²) in [7, 11) is 0. The predicted molar refractivity (Wildman–Crippen MR) is 125 cm³/mol. The molecule has 6 heteroatoms. The molecule has 0 bridgehead atoms. The first-order valence-electron chi connectivity index (χ1n) is 12.5. The molecule has 0 N–H and O–H groups in total. The highest BCUT2D eigenvalue weighted by Crippen LogP contribution is 2.49. The predicted octanol–water partition coefficient (Wildman–Crippen LogP) is 4.09. The van der Waals surface area contributed by atoms with Crippen molar-refractivity contribution < 1.29 is 14.3 Å². The molecule has 1 saturated carbocycles. The summed E-state index contributed by atoms with van der Waals surface area (Å²) in [5.74, 6) is 0.755. The first-order chi connectivity index (χ1) is 15.4. The summed E-state index contributed by atoms with van der Waals surface area (Å²) in [4.78, 5) is 31.5. The lowest BCUT2D eigenvalue weighted by Crippen LogP contribution is -2.49. The summed E-state index contributed by atoms with van der Waals surface area (Å²) in [6.07, 6.45) is 6.67. The maximum absolute atomic E-state index is 12.5. The Labute approximate surface area is 191 Å². The van der Waals surface area contributed by atoms with E-state index in [0.717, 1.165) is 57.5 Å². The largest absolute Gasteiger partial charge is 0.450 e. The minimum absolute atomic E-state index is 0.0891. The molecule has 1 aromatic rings. The molecule has 1 aromatic carbocycles. The Bertz CT molecular complexity index is 892. The normalized spacial score (nSPS) is 29.2. The van der Waals surface area contributed by atoms with Crippen LogP contribution in [0, 0.1) is 12.8 Å².